The van der Waals surface area contributed by atoms with Gasteiger partial charge in [-0.2, -0.15) is 4.98 Å². The van der Waals surface area contributed by atoms with Crippen LogP contribution >= 0.6 is 15.9 Å². The van der Waals surface area contributed by atoms with E-state index >= 15 is 0 Å². The van der Waals surface area contributed by atoms with Crippen LogP contribution in [0.2, 0.25) is 0 Å². The van der Waals surface area contributed by atoms with Gasteiger partial charge in [0, 0.05) is 16.6 Å². The van der Waals surface area contributed by atoms with Gasteiger partial charge < -0.3 is 9.47 Å². The Hall–Kier alpha value is -1.55. The van der Waals surface area contributed by atoms with E-state index < -0.39 is 0 Å². The van der Waals surface area contributed by atoms with Crippen molar-refractivity contribution < 1.29 is 9.47 Å². The molecule has 0 radical (unpaired) electrons. The van der Waals surface area contributed by atoms with Crippen molar-refractivity contribution >= 4 is 15.9 Å². The molecule has 18 heavy (non-hydrogen) atoms. The molecule has 2 rings (SSSR count). The molecule has 0 atom stereocenters. The molecule has 2 aromatic rings. The van der Waals surface area contributed by atoms with Crippen LogP contribution in [0.4, 0.5) is 0 Å². The maximum atomic E-state index is 5.69. The summed E-state index contributed by atoms with van der Waals surface area (Å²) in [5, 5.41) is 0. The van der Waals surface area contributed by atoms with Crippen LogP contribution < -0.4 is 9.47 Å². The molecule has 0 fully saturated rings. The third-order valence-corrected chi connectivity index (χ3v) is 3.23. The molecule has 0 bridgehead atoms. The quantitative estimate of drug-likeness (QED) is 0.842. The van der Waals surface area contributed by atoms with E-state index in [4.69, 9.17) is 9.47 Å². The highest BCUT2D eigenvalue weighted by Gasteiger charge is 2.02. The van der Waals surface area contributed by atoms with Crippen LogP contribution in [0.25, 0.3) is 0 Å². The summed E-state index contributed by atoms with van der Waals surface area (Å²) in [6.45, 7) is 4.53. The minimum atomic E-state index is 0.530. The van der Waals surface area contributed by atoms with Crippen molar-refractivity contribution in [2.75, 3.05) is 6.61 Å². The average molecular weight is 308 g/mol. The topological polar surface area (TPSA) is 31.4 Å². The van der Waals surface area contributed by atoms with Crippen LogP contribution in [0.5, 0.6) is 17.5 Å². The van der Waals surface area contributed by atoms with Gasteiger partial charge in [0.05, 0.1) is 6.61 Å². The highest BCUT2D eigenvalue weighted by molar-refractivity contribution is 9.10. The molecule has 0 aliphatic carbocycles. The summed E-state index contributed by atoms with van der Waals surface area (Å²) in [5.74, 6) is 1.86. The average Bonchev–Trinajstić information content (AvgIpc) is 2.35. The minimum Gasteiger partial charge on any atom is -0.478 e. The number of rotatable bonds is 4. The number of halogens is 1. The van der Waals surface area contributed by atoms with E-state index in [-0.39, 0.29) is 0 Å². The van der Waals surface area contributed by atoms with Crippen molar-refractivity contribution in [3.05, 3.63) is 46.4 Å². The Balaban J connectivity index is 2.17. The second kappa shape index (κ2) is 5.87. The lowest BCUT2D eigenvalue weighted by molar-refractivity contribution is 0.321. The van der Waals surface area contributed by atoms with Gasteiger partial charge in [-0.1, -0.05) is 22.0 Å². The number of aromatic nitrogens is 1. The molecule has 0 unspecified atom stereocenters. The molecule has 0 amide bonds. The number of ether oxygens (including phenoxy) is 2. The maximum absolute atomic E-state index is 5.69. The molecule has 1 aromatic carbocycles. The highest BCUT2D eigenvalue weighted by Crippen LogP contribution is 2.26. The van der Waals surface area contributed by atoms with E-state index in [0.29, 0.717) is 18.4 Å². The van der Waals surface area contributed by atoms with Gasteiger partial charge in [0.2, 0.25) is 11.8 Å². The van der Waals surface area contributed by atoms with Crippen molar-refractivity contribution in [2.24, 2.45) is 0 Å². The molecule has 0 spiro atoms. The smallest absolute Gasteiger partial charge is 0.222 e. The van der Waals surface area contributed by atoms with Gasteiger partial charge in [-0.05, 0) is 37.6 Å². The Morgan fingerprint density at radius 3 is 2.67 bits per heavy atom. The van der Waals surface area contributed by atoms with Crippen molar-refractivity contribution in [3.8, 4) is 17.5 Å². The predicted molar refractivity (Wildman–Crippen MR) is 74.4 cm³/mol. The normalized spacial score (nSPS) is 10.2. The Morgan fingerprint density at radius 1 is 1.17 bits per heavy atom. The van der Waals surface area contributed by atoms with Crippen molar-refractivity contribution in [1.82, 2.24) is 4.98 Å². The van der Waals surface area contributed by atoms with Crippen LogP contribution in [0.15, 0.2) is 40.9 Å². The van der Waals surface area contributed by atoms with Crippen LogP contribution in [-0.4, -0.2) is 11.6 Å². The van der Waals surface area contributed by atoms with Crippen molar-refractivity contribution in [3.63, 3.8) is 0 Å². The number of benzene rings is 1. The molecule has 0 saturated heterocycles. The van der Waals surface area contributed by atoms with Gasteiger partial charge in [0.1, 0.15) is 5.75 Å². The zero-order valence-corrected chi connectivity index (χ0v) is 11.9. The number of aryl methyl sites for hydroxylation is 1. The van der Waals surface area contributed by atoms with Gasteiger partial charge in [-0.25, -0.2) is 0 Å². The fourth-order valence-corrected chi connectivity index (χ4v) is 1.73. The summed E-state index contributed by atoms with van der Waals surface area (Å²) < 4.78 is 12.1. The standard InChI is InChI=1S/C14H14BrNO2/c1-3-17-13-5-4-6-14(16-13)18-11-7-8-12(15)10(2)9-11/h4-9H,3H2,1-2H3. The third-order valence-electron chi connectivity index (χ3n) is 2.34. The largest absolute Gasteiger partial charge is 0.478 e. The Kier molecular flexibility index (Phi) is 4.20. The van der Waals surface area contributed by atoms with Gasteiger partial charge >= 0.3 is 0 Å². The van der Waals surface area contributed by atoms with E-state index in [9.17, 15) is 0 Å². The first-order valence-corrected chi connectivity index (χ1v) is 6.52. The second-order valence-corrected chi connectivity index (χ2v) is 4.61. The summed E-state index contributed by atoms with van der Waals surface area (Å²) in [6.07, 6.45) is 0. The number of hydrogen-bond donors (Lipinski definition) is 0. The zero-order chi connectivity index (χ0) is 13.0. The van der Waals surface area contributed by atoms with Crippen LogP contribution in [-0.2, 0) is 0 Å². The van der Waals surface area contributed by atoms with E-state index in [1.54, 1.807) is 6.07 Å². The Bertz CT molecular complexity index is 543. The Morgan fingerprint density at radius 2 is 1.94 bits per heavy atom. The number of nitrogens with zero attached hydrogens (tertiary/aromatic N) is 1. The first-order valence-electron chi connectivity index (χ1n) is 5.73. The SMILES string of the molecule is CCOc1cccc(Oc2ccc(Br)c(C)c2)n1. The lowest BCUT2D eigenvalue weighted by Crippen LogP contribution is -1.95. The monoisotopic (exact) mass is 307 g/mol. The number of pyridine rings is 1. The van der Waals surface area contributed by atoms with Crippen LogP contribution in [0.3, 0.4) is 0 Å². The summed E-state index contributed by atoms with van der Waals surface area (Å²) in [6, 6.07) is 11.3. The molecular formula is C14H14BrNO2. The predicted octanol–water partition coefficient (Wildman–Crippen LogP) is 4.34. The van der Waals surface area contributed by atoms with Gasteiger partial charge in [0.15, 0.2) is 0 Å². The van der Waals surface area contributed by atoms with Crippen molar-refractivity contribution in [2.45, 2.75) is 13.8 Å². The van der Waals surface area contributed by atoms with Gasteiger partial charge in [-0.15, -0.1) is 0 Å². The summed E-state index contributed by atoms with van der Waals surface area (Å²) in [4.78, 5) is 4.25. The summed E-state index contributed by atoms with van der Waals surface area (Å²) in [7, 11) is 0. The van der Waals surface area contributed by atoms with E-state index in [0.717, 1.165) is 15.8 Å². The zero-order valence-electron chi connectivity index (χ0n) is 10.3. The third kappa shape index (κ3) is 3.23. The molecule has 4 heteroatoms. The van der Waals surface area contributed by atoms with E-state index in [1.807, 2.05) is 44.2 Å². The number of hydrogen-bond acceptors (Lipinski definition) is 3. The first kappa shape index (κ1) is 12.9. The lowest BCUT2D eigenvalue weighted by Gasteiger charge is -2.08. The van der Waals surface area contributed by atoms with Crippen LogP contribution in [0.1, 0.15) is 12.5 Å². The minimum absolute atomic E-state index is 0.530. The van der Waals surface area contributed by atoms with E-state index in [2.05, 4.69) is 20.9 Å². The van der Waals surface area contributed by atoms with Gasteiger partial charge in [0.25, 0.3) is 0 Å². The van der Waals surface area contributed by atoms with E-state index in [1.165, 1.54) is 0 Å². The second-order valence-electron chi connectivity index (χ2n) is 3.76. The molecule has 0 aliphatic rings. The maximum Gasteiger partial charge on any atom is 0.222 e. The first-order chi connectivity index (χ1) is 8.69. The highest BCUT2D eigenvalue weighted by atomic mass is 79.9. The Labute approximate surface area is 115 Å². The molecule has 3 nitrogen and oxygen atoms in total. The molecular weight excluding hydrogens is 294 g/mol. The molecule has 94 valence electrons. The van der Waals surface area contributed by atoms with Crippen LogP contribution in [0, 0.1) is 6.92 Å². The molecule has 1 aromatic heterocycles. The fraction of sp³-hybridized carbons (Fsp3) is 0.214. The molecule has 0 N–H and O–H groups in total. The van der Waals surface area contributed by atoms with Crippen molar-refractivity contribution in [1.29, 1.82) is 0 Å². The summed E-state index contributed by atoms with van der Waals surface area (Å²) >= 11 is 3.46. The lowest BCUT2D eigenvalue weighted by atomic mass is 10.2. The molecule has 0 aliphatic heterocycles. The summed E-state index contributed by atoms with van der Waals surface area (Å²) in [5.41, 5.74) is 1.12. The fourth-order valence-electron chi connectivity index (χ4n) is 1.48. The molecule has 1 heterocycles. The van der Waals surface area contributed by atoms with Gasteiger partial charge in [-0.3, -0.25) is 0 Å². The molecule has 0 saturated carbocycles.